The molecule has 0 unspecified atom stereocenters. The first-order chi connectivity index (χ1) is 14.5. The Kier molecular flexibility index (Phi) is 6.63. The van der Waals surface area contributed by atoms with Crippen LogP contribution in [-0.4, -0.2) is 43.2 Å². The number of fused-ring (bicyclic) bond motifs is 1. The summed E-state index contributed by atoms with van der Waals surface area (Å²) in [6, 6.07) is 9.00. The standard InChI is InChI=1S/C21H20N2O6S/c1-4-28-20(25)17-12(2)18(21(26)27-3)30-19(17)23-16(24)11-29-15-9-5-8-14-13(15)7-6-10-22-14/h5-10H,4,11H2,1-3H3,(H,23,24). The van der Waals surface area contributed by atoms with Crippen LogP contribution in [0.1, 0.15) is 32.5 Å². The minimum atomic E-state index is -0.627. The number of nitrogens with one attached hydrogen (secondary N) is 1. The molecule has 3 aromatic rings. The lowest BCUT2D eigenvalue weighted by Crippen LogP contribution is -2.21. The number of benzene rings is 1. The molecule has 156 valence electrons. The molecule has 0 fully saturated rings. The van der Waals surface area contributed by atoms with Gasteiger partial charge in [-0.25, -0.2) is 9.59 Å². The number of anilines is 1. The average molecular weight is 428 g/mol. The van der Waals surface area contributed by atoms with Gasteiger partial charge in [0.2, 0.25) is 0 Å². The van der Waals surface area contributed by atoms with E-state index in [4.69, 9.17) is 14.2 Å². The number of hydrogen-bond acceptors (Lipinski definition) is 8. The van der Waals surface area contributed by atoms with Crippen molar-refractivity contribution in [3.8, 4) is 5.75 Å². The molecule has 0 aliphatic heterocycles. The summed E-state index contributed by atoms with van der Waals surface area (Å²) >= 11 is 0.953. The van der Waals surface area contributed by atoms with E-state index in [0.717, 1.165) is 22.2 Å². The predicted octanol–water partition coefficient (Wildman–Crippen LogP) is 3.59. The van der Waals surface area contributed by atoms with Crippen LogP contribution in [0, 0.1) is 6.92 Å². The van der Waals surface area contributed by atoms with Crippen LogP contribution in [0.4, 0.5) is 5.00 Å². The van der Waals surface area contributed by atoms with Gasteiger partial charge in [-0.2, -0.15) is 0 Å². The summed E-state index contributed by atoms with van der Waals surface area (Å²) < 4.78 is 15.5. The van der Waals surface area contributed by atoms with Crippen LogP contribution >= 0.6 is 11.3 Å². The molecule has 2 aromatic heterocycles. The van der Waals surface area contributed by atoms with Crippen molar-refractivity contribution in [3.05, 3.63) is 52.5 Å². The monoisotopic (exact) mass is 428 g/mol. The van der Waals surface area contributed by atoms with E-state index in [2.05, 4.69) is 10.3 Å². The highest BCUT2D eigenvalue weighted by molar-refractivity contribution is 7.18. The summed E-state index contributed by atoms with van der Waals surface area (Å²) in [7, 11) is 1.25. The second-order valence-electron chi connectivity index (χ2n) is 6.14. The van der Waals surface area contributed by atoms with Crippen LogP contribution in [0.2, 0.25) is 0 Å². The van der Waals surface area contributed by atoms with E-state index < -0.39 is 17.8 Å². The van der Waals surface area contributed by atoms with E-state index in [1.54, 1.807) is 38.2 Å². The van der Waals surface area contributed by atoms with E-state index >= 15 is 0 Å². The summed E-state index contributed by atoms with van der Waals surface area (Å²) in [5.41, 5.74) is 1.27. The van der Waals surface area contributed by atoms with Crippen molar-refractivity contribution >= 4 is 45.1 Å². The molecule has 0 aliphatic rings. The Bertz CT molecular complexity index is 1100. The zero-order chi connectivity index (χ0) is 21.7. The van der Waals surface area contributed by atoms with Crippen molar-refractivity contribution in [3.63, 3.8) is 0 Å². The molecule has 0 radical (unpaired) electrons. The molecule has 0 spiro atoms. The van der Waals surface area contributed by atoms with Crippen molar-refractivity contribution < 1.29 is 28.6 Å². The van der Waals surface area contributed by atoms with Gasteiger partial charge in [-0.05, 0) is 43.7 Å². The van der Waals surface area contributed by atoms with Crippen molar-refractivity contribution in [2.45, 2.75) is 13.8 Å². The number of amides is 1. The second kappa shape index (κ2) is 9.36. The molecule has 8 nitrogen and oxygen atoms in total. The lowest BCUT2D eigenvalue weighted by atomic mass is 10.1. The number of carbonyl (C=O) groups is 3. The van der Waals surface area contributed by atoms with Gasteiger partial charge in [-0.1, -0.05) is 6.07 Å². The molecule has 0 saturated carbocycles. The molecule has 0 atom stereocenters. The fourth-order valence-electron chi connectivity index (χ4n) is 2.84. The molecule has 2 heterocycles. The maximum atomic E-state index is 12.5. The lowest BCUT2D eigenvalue weighted by molar-refractivity contribution is -0.118. The summed E-state index contributed by atoms with van der Waals surface area (Å²) in [5.74, 6) is -1.20. The second-order valence-corrected chi connectivity index (χ2v) is 7.16. The number of ether oxygens (including phenoxy) is 3. The van der Waals surface area contributed by atoms with Crippen LogP contribution in [0.25, 0.3) is 10.9 Å². The summed E-state index contributed by atoms with van der Waals surface area (Å²) in [6.07, 6.45) is 1.67. The third-order valence-corrected chi connectivity index (χ3v) is 5.40. The Balaban J connectivity index is 1.80. The normalized spacial score (nSPS) is 10.5. The topological polar surface area (TPSA) is 104 Å². The number of rotatable bonds is 7. The van der Waals surface area contributed by atoms with E-state index in [-0.39, 0.29) is 28.7 Å². The Morgan fingerprint density at radius 2 is 1.93 bits per heavy atom. The number of pyridine rings is 1. The highest BCUT2D eigenvalue weighted by atomic mass is 32.1. The SMILES string of the molecule is CCOC(=O)c1c(NC(=O)COc2cccc3ncccc23)sc(C(=O)OC)c1C. The first-order valence-electron chi connectivity index (χ1n) is 9.11. The van der Waals surface area contributed by atoms with Crippen molar-refractivity contribution in [1.29, 1.82) is 0 Å². The molecule has 30 heavy (non-hydrogen) atoms. The van der Waals surface area contributed by atoms with Crippen molar-refractivity contribution in [2.24, 2.45) is 0 Å². The zero-order valence-electron chi connectivity index (χ0n) is 16.7. The van der Waals surface area contributed by atoms with Crippen LogP contribution in [0.15, 0.2) is 36.5 Å². The van der Waals surface area contributed by atoms with Gasteiger partial charge in [-0.15, -0.1) is 11.3 Å². The van der Waals surface area contributed by atoms with Crippen LogP contribution in [0.3, 0.4) is 0 Å². The number of thiophene rings is 1. The minimum Gasteiger partial charge on any atom is -0.483 e. The molecule has 9 heteroatoms. The molecule has 1 amide bonds. The number of carbonyl (C=O) groups excluding carboxylic acids is 3. The van der Waals surface area contributed by atoms with Crippen LogP contribution in [-0.2, 0) is 14.3 Å². The highest BCUT2D eigenvalue weighted by Gasteiger charge is 2.27. The van der Waals surface area contributed by atoms with Gasteiger partial charge in [0.1, 0.15) is 15.6 Å². The Labute approximate surface area is 176 Å². The summed E-state index contributed by atoms with van der Waals surface area (Å²) in [5, 5.41) is 3.62. The lowest BCUT2D eigenvalue weighted by Gasteiger charge is -2.10. The average Bonchev–Trinajstić information content (AvgIpc) is 3.07. The fraction of sp³-hybridized carbons (Fsp3) is 0.238. The van der Waals surface area contributed by atoms with E-state index in [9.17, 15) is 14.4 Å². The van der Waals surface area contributed by atoms with Gasteiger partial charge in [0.05, 0.1) is 24.8 Å². The first kappa shape index (κ1) is 21.3. The summed E-state index contributed by atoms with van der Waals surface area (Å²) in [6.45, 7) is 3.14. The Hall–Kier alpha value is -3.46. The largest absolute Gasteiger partial charge is 0.483 e. The number of nitrogens with zero attached hydrogens (tertiary/aromatic N) is 1. The minimum absolute atomic E-state index is 0.130. The predicted molar refractivity (Wildman–Crippen MR) is 112 cm³/mol. The summed E-state index contributed by atoms with van der Waals surface area (Å²) in [4.78, 5) is 41.3. The molecule has 1 N–H and O–H groups in total. The fourth-order valence-corrected chi connectivity index (χ4v) is 3.97. The molecule has 0 bridgehead atoms. The van der Waals surface area contributed by atoms with Gasteiger partial charge in [0.25, 0.3) is 5.91 Å². The molecule has 0 saturated heterocycles. The van der Waals surface area contributed by atoms with Crippen LogP contribution < -0.4 is 10.1 Å². The van der Waals surface area contributed by atoms with E-state index in [1.807, 2.05) is 12.1 Å². The molecular weight excluding hydrogens is 408 g/mol. The maximum absolute atomic E-state index is 12.5. The Morgan fingerprint density at radius 1 is 1.13 bits per heavy atom. The van der Waals surface area contributed by atoms with Gasteiger partial charge < -0.3 is 19.5 Å². The van der Waals surface area contributed by atoms with E-state index in [1.165, 1.54) is 7.11 Å². The number of aromatic nitrogens is 1. The smallest absolute Gasteiger partial charge is 0.348 e. The van der Waals surface area contributed by atoms with Gasteiger partial charge in [0.15, 0.2) is 6.61 Å². The number of methoxy groups -OCH3 is 1. The Morgan fingerprint density at radius 3 is 2.67 bits per heavy atom. The van der Waals surface area contributed by atoms with Crippen molar-refractivity contribution in [1.82, 2.24) is 4.98 Å². The van der Waals surface area contributed by atoms with Crippen molar-refractivity contribution in [2.75, 3.05) is 25.6 Å². The van der Waals surface area contributed by atoms with Gasteiger partial charge in [0, 0.05) is 11.6 Å². The molecule has 3 rings (SSSR count). The number of esters is 2. The number of hydrogen-bond donors (Lipinski definition) is 1. The molecule has 1 aromatic carbocycles. The van der Waals surface area contributed by atoms with Gasteiger partial charge in [-0.3, -0.25) is 9.78 Å². The van der Waals surface area contributed by atoms with E-state index in [0.29, 0.717) is 11.3 Å². The van der Waals surface area contributed by atoms with Gasteiger partial charge >= 0.3 is 11.9 Å². The third-order valence-electron chi connectivity index (χ3n) is 4.21. The van der Waals surface area contributed by atoms with Crippen LogP contribution in [0.5, 0.6) is 5.75 Å². The maximum Gasteiger partial charge on any atom is 0.348 e. The quantitative estimate of drug-likeness (QED) is 0.574. The first-order valence-corrected chi connectivity index (χ1v) is 9.93. The zero-order valence-corrected chi connectivity index (χ0v) is 17.5. The highest BCUT2D eigenvalue weighted by Crippen LogP contribution is 2.34. The third kappa shape index (κ3) is 4.41. The molecular formula is C21H20N2O6S. The molecule has 0 aliphatic carbocycles.